The second-order valence-electron chi connectivity index (χ2n) is 7.16. The van der Waals surface area contributed by atoms with E-state index in [0.717, 1.165) is 28.2 Å². The van der Waals surface area contributed by atoms with E-state index in [0.29, 0.717) is 31.2 Å². The first-order chi connectivity index (χ1) is 15.0. The zero-order valence-corrected chi connectivity index (χ0v) is 21.2. The van der Waals surface area contributed by atoms with E-state index in [1.54, 1.807) is 26.1 Å². The Hall–Kier alpha value is -2.88. The third kappa shape index (κ3) is 6.56. The molecule has 0 fully saturated rings. The second-order valence-corrected chi connectivity index (χ2v) is 7.16. The van der Waals surface area contributed by atoms with E-state index in [9.17, 15) is 4.79 Å². The molecule has 0 aliphatic rings. The number of guanidine groups is 1. The van der Waals surface area contributed by atoms with Gasteiger partial charge in [0.25, 0.3) is 0 Å². The maximum absolute atomic E-state index is 11.8. The summed E-state index contributed by atoms with van der Waals surface area (Å²) in [7, 11) is 1.74. The molecule has 0 aliphatic carbocycles. The molecule has 0 radical (unpaired) electrons. The molecule has 0 amide bonds. The SMILES string of the molecule is CCOC(=O)c1ccc(CNC(=NC)NCc2ccccc2-n2nc(C)cc2C)cc1.I. The van der Waals surface area contributed by atoms with Crippen LogP contribution in [0.2, 0.25) is 0 Å². The number of aromatic nitrogens is 2. The normalized spacial score (nSPS) is 10.9. The Morgan fingerprint density at radius 3 is 2.38 bits per heavy atom. The van der Waals surface area contributed by atoms with Crippen molar-refractivity contribution in [1.82, 2.24) is 20.4 Å². The molecule has 0 unspecified atom stereocenters. The summed E-state index contributed by atoms with van der Waals surface area (Å²) in [6.07, 6.45) is 0. The molecule has 1 aromatic heterocycles. The minimum absolute atomic E-state index is 0. The van der Waals surface area contributed by atoms with Crippen LogP contribution < -0.4 is 10.6 Å². The number of para-hydroxylation sites is 1. The van der Waals surface area contributed by atoms with E-state index in [2.05, 4.69) is 45.8 Å². The van der Waals surface area contributed by atoms with Gasteiger partial charge in [0, 0.05) is 25.8 Å². The topological polar surface area (TPSA) is 80.5 Å². The Morgan fingerprint density at radius 2 is 1.75 bits per heavy atom. The molecule has 32 heavy (non-hydrogen) atoms. The van der Waals surface area contributed by atoms with Crippen molar-refractivity contribution in [1.29, 1.82) is 0 Å². The lowest BCUT2D eigenvalue weighted by molar-refractivity contribution is 0.0526. The molecule has 3 rings (SSSR count). The molecule has 1 heterocycles. The number of carbonyl (C=O) groups excluding carboxylic acids is 1. The highest BCUT2D eigenvalue weighted by atomic mass is 127. The maximum atomic E-state index is 11.8. The van der Waals surface area contributed by atoms with Crippen molar-refractivity contribution >= 4 is 35.9 Å². The summed E-state index contributed by atoms with van der Waals surface area (Å²) in [5.74, 6) is 0.387. The fourth-order valence-electron chi connectivity index (χ4n) is 3.30. The van der Waals surface area contributed by atoms with Gasteiger partial charge in [-0.1, -0.05) is 30.3 Å². The minimum Gasteiger partial charge on any atom is -0.462 e. The highest BCUT2D eigenvalue weighted by Crippen LogP contribution is 2.17. The molecular weight excluding hydrogens is 517 g/mol. The van der Waals surface area contributed by atoms with Gasteiger partial charge in [-0.2, -0.15) is 5.10 Å². The van der Waals surface area contributed by atoms with Crippen molar-refractivity contribution in [2.75, 3.05) is 13.7 Å². The Bertz CT molecular complexity index is 1060. The fraction of sp³-hybridized carbons (Fsp3) is 0.292. The first kappa shape index (κ1) is 25.4. The van der Waals surface area contributed by atoms with Crippen LogP contribution in [-0.2, 0) is 17.8 Å². The third-order valence-electron chi connectivity index (χ3n) is 4.82. The molecule has 8 heteroatoms. The van der Waals surface area contributed by atoms with Crippen LogP contribution in [0.5, 0.6) is 0 Å². The predicted molar refractivity (Wildman–Crippen MR) is 138 cm³/mol. The third-order valence-corrected chi connectivity index (χ3v) is 4.82. The summed E-state index contributed by atoms with van der Waals surface area (Å²) < 4.78 is 6.98. The number of halogens is 1. The van der Waals surface area contributed by atoms with E-state index in [-0.39, 0.29) is 29.9 Å². The van der Waals surface area contributed by atoms with E-state index in [1.807, 2.05) is 35.9 Å². The van der Waals surface area contributed by atoms with Gasteiger partial charge in [-0.15, -0.1) is 24.0 Å². The Balaban J connectivity index is 0.00000363. The zero-order valence-electron chi connectivity index (χ0n) is 18.9. The van der Waals surface area contributed by atoms with Gasteiger partial charge in [0.15, 0.2) is 5.96 Å². The average Bonchev–Trinajstić information content (AvgIpc) is 3.12. The van der Waals surface area contributed by atoms with Gasteiger partial charge in [0.1, 0.15) is 0 Å². The standard InChI is InChI=1S/C24H29N5O2.HI/c1-5-31-23(30)20-12-10-19(11-13-20)15-26-24(25-4)27-16-21-8-6-7-9-22(21)29-18(3)14-17(2)28-29;/h6-14H,5,15-16H2,1-4H3,(H2,25,26,27);1H. The molecule has 0 bridgehead atoms. The van der Waals surface area contributed by atoms with Crippen LogP contribution in [0, 0.1) is 13.8 Å². The molecule has 0 spiro atoms. The van der Waals surface area contributed by atoms with Gasteiger partial charge in [-0.25, -0.2) is 9.48 Å². The maximum Gasteiger partial charge on any atom is 0.338 e. The van der Waals surface area contributed by atoms with Gasteiger partial charge in [0.2, 0.25) is 0 Å². The van der Waals surface area contributed by atoms with Gasteiger partial charge >= 0.3 is 5.97 Å². The largest absolute Gasteiger partial charge is 0.462 e. The molecule has 2 aromatic carbocycles. The molecule has 3 aromatic rings. The van der Waals surface area contributed by atoms with Crippen LogP contribution in [0.4, 0.5) is 0 Å². The molecule has 0 aliphatic heterocycles. The van der Waals surface area contributed by atoms with Crippen molar-refractivity contribution in [2.24, 2.45) is 4.99 Å². The van der Waals surface area contributed by atoms with Gasteiger partial charge in [-0.05, 0) is 56.2 Å². The molecular formula is C24H30IN5O2. The second kappa shape index (κ2) is 12.2. The van der Waals surface area contributed by atoms with Crippen molar-refractivity contribution in [2.45, 2.75) is 33.9 Å². The Morgan fingerprint density at radius 1 is 1.06 bits per heavy atom. The van der Waals surface area contributed by atoms with Crippen molar-refractivity contribution in [3.8, 4) is 5.69 Å². The fourth-order valence-corrected chi connectivity index (χ4v) is 3.30. The summed E-state index contributed by atoms with van der Waals surface area (Å²) in [5.41, 5.74) is 5.85. The van der Waals surface area contributed by atoms with Crippen molar-refractivity contribution in [3.63, 3.8) is 0 Å². The quantitative estimate of drug-likeness (QED) is 0.201. The summed E-state index contributed by atoms with van der Waals surface area (Å²) in [6.45, 7) is 7.41. The molecule has 2 N–H and O–H groups in total. The number of benzene rings is 2. The summed E-state index contributed by atoms with van der Waals surface area (Å²) in [5, 5.41) is 11.3. The first-order valence-corrected chi connectivity index (χ1v) is 10.3. The zero-order chi connectivity index (χ0) is 22.2. The Kier molecular flexibility index (Phi) is 9.70. The van der Waals surface area contributed by atoms with Gasteiger partial charge in [0.05, 0.1) is 23.6 Å². The van der Waals surface area contributed by atoms with Crippen LogP contribution >= 0.6 is 24.0 Å². The lowest BCUT2D eigenvalue weighted by Crippen LogP contribution is -2.36. The number of hydrogen-bond acceptors (Lipinski definition) is 4. The molecule has 170 valence electrons. The van der Waals surface area contributed by atoms with E-state index < -0.39 is 0 Å². The van der Waals surface area contributed by atoms with Crippen LogP contribution in [-0.4, -0.2) is 35.4 Å². The molecule has 7 nitrogen and oxygen atoms in total. The van der Waals surface area contributed by atoms with E-state index in [1.165, 1.54) is 0 Å². The van der Waals surface area contributed by atoms with E-state index in [4.69, 9.17) is 4.74 Å². The van der Waals surface area contributed by atoms with Gasteiger partial charge in [-0.3, -0.25) is 4.99 Å². The predicted octanol–water partition coefficient (Wildman–Crippen LogP) is 4.15. The number of carbonyl (C=O) groups is 1. The van der Waals surface area contributed by atoms with Gasteiger partial charge < -0.3 is 15.4 Å². The van der Waals surface area contributed by atoms with Crippen LogP contribution in [0.3, 0.4) is 0 Å². The molecule has 0 atom stereocenters. The first-order valence-electron chi connectivity index (χ1n) is 10.3. The number of nitrogens with zero attached hydrogens (tertiary/aromatic N) is 3. The van der Waals surface area contributed by atoms with Crippen LogP contribution in [0.15, 0.2) is 59.6 Å². The number of aliphatic imine (C=N–C) groups is 1. The lowest BCUT2D eigenvalue weighted by atomic mass is 10.1. The average molecular weight is 547 g/mol. The van der Waals surface area contributed by atoms with Crippen molar-refractivity contribution < 1.29 is 9.53 Å². The molecule has 0 saturated carbocycles. The van der Waals surface area contributed by atoms with E-state index >= 15 is 0 Å². The van der Waals surface area contributed by atoms with Crippen LogP contribution in [0.1, 0.15) is 39.8 Å². The highest BCUT2D eigenvalue weighted by molar-refractivity contribution is 14.0. The number of hydrogen-bond donors (Lipinski definition) is 2. The summed E-state index contributed by atoms with van der Waals surface area (Å²) in [4.78, 5) is 16.1. The number of ether oxygens (including phenoxy) is 1. The number of nitrogens with one attached hydrogen (secondary N) is 2. The van der Waals surface area contributed by atoms with Crippen LogP contribution in [0.25, 0.3) is 5.69 Å². The summed E-state index contributed by atoms with van der Waals surface area (Å²) >= 11 is 0. The number of aryl methyl sites for hydroxylation is 2. The number of rotatable bonds is 7. The monoisotopic (exact) mass is 547 g/mol. The Labute approximate surface area is 206 Å². The minimum atomic E-state index is -0.305. The smallest absolute Gasteiger partial charge is 0.338 e. The van der Waals surface area contributed by atoms with Crippen molar-refractivity contribution in [3.05, 3.63) is 82.7 Å². The number of esters is 1. The summed E-state index contributed by atoms with van der Waals surface area (Å²) in [6, 6.07) is 17.6. The highest BCUT2D eigenvalue weighted by Gasteiger charge is 2.10. The molecule has 0 saturated heterocycles. The lowest BCUT2D eigenvalue weighted by Gasteiger charge is -2.15.